The van der Waals surface area contributed by atoms with E-state index in [9.17, 15) is 0 Å². The van der Waals surface area contributed by atoms with Crippen LogP contribution < -0.4 is 10.5 Å². The number of nitrogens with zero attached hydrogens (tertiary/aromatic N) is 2. The molecule has 4 nitrogen and oxygen atoms in total. The van der Waals surface area contributed by atoms with Crippen LogP contribution in [0.15, 0.2) is 30.6 Å². The molecule has 0 aliphatic rings. The van der Waals surface area contributed by atoms with Crippen molar-refractivity contribution in [2.24, 2.45) is 0 Å². The van der Waals surface area contributed by atoms with Crippen LogP contribution in [0, 0.1) is 0 Å². The van der Waals surface area contributed by atoms with Crippen molar-refractivity contribution in [2.75, 3.05) is 12.3 Å². The van der Waals surface area contributed by atoms with Crippen LogP contribution in [0.5, 0.6) is 5.75 Å². The molecule has 19 heavy (non-hydrogen) atoms. The van der Waals surface area contributed by atoms with Gasteiger partial charge in [0.05, 0.1) is 23.5 Å². The van der Waals surface area contributed by atoms with Gasteiger partial charge in [-0.25, -0.2) is 0 Å². The molecule has 1 aromatic heterocycles. The number of ether oxygens (including phenoxy) is 1. The quantitative estimate of drug-likeness (QED) is 0.829. The molecule has 0 aliphatic heterocycles. The Hall–Kier alpha value is -1.39. The Bertz CT molecular complexity index is 542. The number of hydrogen-bond acceptors (Lipinski definition) is 3. The van der Waals surface area contributed by atoms with Crippen molar-refractivity contribution in [2.45, 2.75) is 19.4 Å². The third-order valence-electron chi connectivity index (χ3n) is 2.59. The minimum absolute atomic E-state index is 0.535. The summed E-state index contributed by atoms with van der Waals surface area (Å²) in [5.41, 5.74) is 6.26. The molecule has 2 N–H and O–H groups in total. The molecule has 0 atom stereocenters. The van der Waals surface area contributed by atoms with Crippen molar-refractivity contribution >= 4 is 28.9 Å². The molecule has 1 heterocycles. The second-order valence-electron chi connectivity index (χ2n) is 4.17. The first-order valence-electron chi connectivity index (χ1n) is 6.01. The number of aryl methyl sites for hydroxylation is 1. The molecule has 0 unspecified atom stereocenters. The zero-order valence-electron chi connectivity index (χ0n) is 10.4. The molecule has 0 aliphatic carbocycles. The van der Waals surface area contributed by atoms with Gasteiger partial charge in [-0.1, -0.05) is 23.2 Å². The van der Waals surface area contributed by atoms with E-state index in [2.05, 4.69) is 5.10 Å². The molecular weight excluding hydrogens is 285 g/mol. The number of halogens is 2. The van der Waals surface area contributed by atoms with Gasteiger partial charge in [-0.15, -0.1) is 0 Å². The van der Waals surface area contributed by atoms with E-state index in [1.807, 2.05) is 10.9 Å². The van der Waals surface area contributed by atoms with E-state index in [1.54, 1.807) is 24.4 Å². The first kappa shape index (κ1) is 14.0. The van der Waals surface area contributed by atoms with Crippen molar-refractivity contribution < 1.29 is 4.74 Å². The molecule has 2 rings (SSSR count). The van der Waals surface area contributed by atoms with Gasteiger partial charge in [0, 0.05) is 17.8 Å². The summed E-state index contributed by atoms with van der Waals surface area (Å²) < 4.78 is 7.41. The Balaban J connectivity index is 1.69. The van der Waals surface area contributed by atoms with Crippen molar-refractivity contribution in [3.8, 4) is 5.75 Å². The summed E-state index contributed by atoms with van der Waals surface area (Å²) in [4.78, 5) is 0. The summed E-state index contributed by atoms with van der Waals surface area (Å²) in [5, 5.41) is 5.25. The van der Waals surface area contributed by atoms with E-state index < -0.39 is 0 Å². The zero-order chi connectivity index (χ0) is 13.7. The smallest absolute Gasteiger partial charge is 0.137 e. The van der Waals surface area contributed by atoms with Crippen LogP contribution in [-0.4, -0.2) is 16.4 Å². The molecule has 0 saturated heterocycles. The van der Waals surface area contributed by atoms with E-state index in [0.717, 1.165) is 19.4 Å². The van der Waals surface area contributed by atoms with E-state index in [0.29, 0.717) is 28.1 Å². The van der Waals surface area contributed by atoms with E-state index in [4.69, 9.17) is 33.7 Å². The summed E-state index contributed by atoms with van der Waals surface area (Å²) in [6.45, 7) is 1.44. The van der Waals surface area contributed by atoms with Crippen LogP contribution in [0.2, 0.25) is 10.0 Å². The van der Waals surface area contributed by atoms with Crippen LogP contribution in [0.4, 0.5) is 5.69 Å². The predicted octanol–water partition coefficient (Wildman–Crippen LogP) is 3.63. The molecule has 6 heteroatoms. The molecule has 2 aromatic rings. The van der Waals surface area contributed by atoms with Crippen molar-refractivity contribution in [1.82, 2.24) is 9.78 Å². The lowest BCUT2D eigenvalue weighted by Gasteiger charge is -2.08. The van der Waals surface area contributed by atoms with Crippen LogP contribution in [0.1, 0.15) is 12.8 Å². The van der Waals surface area contributed by atoms with Crippen molar-refractivity contribution in [1.29, 1.82) is 0 Å². The second-order valence-corrected chi connectivity index (χ2v) is 5.01. The van der Waals surface area contributed by atoms with Crippen molar-refractivity contribution in [3.63, 3.8) is 0 Å². The SMILES string of the molecule is Nc1cnn(CCCCOc2ccc(Cl)cc2Cl)c1. The predicted molar refractivity (Wildman–Crippen MR) is 77.8 cm³/mol. The highest BCUT2D eigenvalue weighted by molar-refractivity contribution is 6.35. The molecule has 0 saturated carbocycles. The number of benzene rings is 1. The highest BCUT2D eigenvalue weighted by Gasteiger charge is 2.02. The Morgan fingerprint density at radius 2 is 2.11 bits per heavy atom. The first-order valence-corrected chi connectivity index (χ1v) is 6.76. The molecule has 0 bridgehead atoms. The Kier molecular flexibility index (Phi) is 4.93. The van der Waals surface area contributed by atoms with Gasteiger partial charge in [-0.2, -0.15) is 5.10 Å². The largest absolute Gasteiger partial charge is 0.492 e. The van der Waals surface area contributed by atoms with Crippen LogP contribution in [-0.2, 0) is 6.54 Å². The number of hydrogen-bond donors (Lipinski definition) is 1. The lowest BCUT2D eigenvalue weighted by molar-refractivity contribution is 0.302. The summed E-state index contributed by atoms with van der Waals surface area (Å²) in [5.74, 6) is 0.661. The van der Waals surface area contributed by atoms with Gasteiger partial charge in [0.15, 0.2) is 0 Å². The number of unbranched alkanes of at least 4 members (excludes halogenated alkanes) is 1. The highest BCUT2D eigenvalue weighted by atomic mass is 35.5. The van der Waals surface area contributed by atoms with Gasteiger partial charge in [0.25, 0.3) is 0 Å². The molecular formula is C13H15Cl2N3O. The van der Waals surface area contributed by atoms with E-state index in [1.165, 1.54) is 0 Å². The normalized spacial score (nSPS) is 10.6. The van der Waals surface area contributed by atoms with E-state index >= 15 is 0 Å². The molecule has 102 valence electrons. The third-order valence-corrected chi connectivity index (χ3v) is 3.12. The first-order chi connectivity index (χ1) is 9.15. The van der Waals surface area contributed by atoms with Gasteiger partial charge in [-0.05, 0) is 31.0 Å². The maximum Gasteiger partial charge on any atom is 0.137 e. The average molecular weight is 300 g/mol. The number of nitrogen functional groups attached to an aromatic ring is 1. The molecule has 0 fully saturated rings. The van der Waals surface area contributed by atoms with Crippen LogP contribution in [0.25, 0.3) is 0 Å². The number of nitrogens with two attached hydrogens (primary N) is 1. The number of aromatic nitrogens is 2. The second kappa shape index (κ2) is 6.68. The van der Waals surface area contributed by atoms with Crippen LogP contribution >= 0.6 is 23.2 Å². The maximum absolute atomic E-state index is 6.00. The fourth-order valence-corrected chi connectivity index (χ4v) is 2.12. The molecule has 0 spiro atoms. The summed E-state index contributed by atoms with van der Waals surface area (Å²) >= 11 is 11.8. The Labute approximate surface area is 122 Å². The van der Waals surface area contributed by atoms with Crippen LogP contribution in [0.3, 0.4) is 0 Å². The molecule has 1 aromatic carbocycles. The number of anilines is 1. The third kappa shape index (κ3) is 4.33. The minimum Gasteiger partial charge on any atom is -0.492 e. The fraction of sp³-hybridized carbons (Fsp3) is 0.308. The van der Waals surface area contributed by atoms with Crippen molar-refractivity contribution in [3.05, 3.63) is 40.6 Å². The summed E-state index contributed by atoms with van der Waals surface area (Å²) in [7, 11) is 0. The monoisotopic (exact) mass is 299 g/mol. The topological polar surface area (TPSA) is 53.1 Å². The standard InChI is InChI=1S/C13H15Cl2N3O/c14-10-3-4-13(12(15)7-10)19-6-2-1-5-18-9-11(16)8-17-18/h3-4,7-9H,1-2,5-6,16H2. The molecule has 0 radical (unpaired) electrons. The summed E-state index contributed by atoms with van der Waals surface area (Å²) in [6.07, 6.45) is 5.34. The number of rotatable bonds is 6. The van der Waals surface area contributed by atoms with Gasteiger partial charge in [0.2, 0.25) is 0 Å². The van der Waals surface area contributed by atoms with E-state index in [-0.39, 0.29) is 0 Å². The maximum atomic E-state index is 6.00. The fourth-order valence-electron chi connectivity index (χ4n) is 1.65. The average Bonchev–Trinajstić information content (AvgIpc) is 2.77. The minimum atomic E-state index is 0.535. The van der Waals surface area contributed by atoms with Gasteiger partial charge in [-0.3, -0.25) is 4.68 Å². The lowest BCUT2D eigenvalue weighted by Crippen LogP contribution is -2.02. The summed E-state index contributed by atoms with van der Waals surface area (Å²) in [6, 6.07) is 5.21. The Morgan fingerprint density at radius 3 is 2.79 bits per heavy atom. The highest BCUT2D eigenvalue weighted by Crippen LogP contribution is 2.27. The lowest BCUT2D eigenvalue weighted by atomic mass is 10.3. The zero-order valence-corrected chi connectivity index (χ0v) is 11.9. The van der Waals surface area contributed by atoms with Gasteiger partial charge >= 0.3 is 0 Å². The van der Waals surface area contributed by atoms with Gasteiger partial charge in [0.1, 0.15) is 5.75 Å². The van der Waals surface area contributed by atoms with Gasteiger partial charge < -0.3 is 10.5 Å². The molecule has 0 amide bonds. The Morgan fingerprint density at radius 1 is 1.26 bits per heavy atom.